The number of hydrogen-bond acceptors (Lipinski definition) is 4. The Balaban J connectivity index is 0.00000196. The molecule has 4 aliphatic carbocycles. The maximum absolute atomic E-state index is 12.3. The lowest BCUT2D eigenvalue weighted by Gasteiger charge is -2.56. The Kier molecular flexibility index (Phi) is 5.86. The number of aromatic nitrogens is 1. The molecule has 5 nitrogen and oxygen atoms in total. The topological polar surface area (TPSA) is 68.3 Å². The van der Waals surface area contributed by atoms with Crippen molar-refractivity contribution in [2.45, 2.75) is 44.9 Å². The zero-order valence-corrected chi connectivity index (χ0v) is 15.8. The van der Waals surface area contributed by atoms with Gasteiger partial charge in [-0.05, 0) is 73.8 Å². The minimum atomic E-state index is -0.190. The molecule has 4 fully saturated rings. The largest absolute Gasteiger partial charge is 0.464 e. The van der Waals surface area contributed by atoms with E-state index in [9.17, 15) is 9.59 Å². The first-order valence-electron chi connectivity index (χ1n) is 9.46. The molecule has 1 aromatic heterocycles. The summed E-state index contributed by atoms with van der Waals surface area (Å²) < 4.78 is 5.40. The Morgan fingerprint density at radius 1 is 1.15 bits per heavy atom. The number of pyridine rings is 1. The molecule has 26 heavy (non-hydrogen) atoms. The van der Waals surface area contributed by atoms with E-state index < -0.39 is 0 Å². The van der Waals surface area contributed by atoms with Crippen molar-refractivity contribution >= 4 is 24.3 Å². The molecule has 1 amide bonds. The first kappa shape index (κ1) is 19.2. The Morgan fingerprint density at radius 2 is 1.81 bits per heavy atom. The van der Waals surface area contributed by atoms with Crippen molar-refractivity contribution in [3.63, 3.8) is 0 Å². The Bertz CT molecular complexity index is 614. The van der Waals surface area contributed by atoms with Gasteiger partial charge in [-0.25, -0.2) is 0 Å². The number of esters is 1. The van der Waals surface area contributed by atoms with Gasteiger partial charge < -0.3 is 10.1 Å². The molecule has 0 spiro atoms. The molecular weight excluding hydrogens is 352 g/mol. The minimum absolute atomic E-state index is 0. The summed E-state index contributed by atoms with van der Waals surface area (Å²) in [5.41, 5.74) is 0.729. The van der Waals surface area contributed by atoms with Gasteiger partial charge in [0.05, 0.1) is 18.5 Å². The fraction of sp³-hybridized carbons (Fsp3) is 0.650. The van der Waals surface area contributed by atoms with E-state index in [2.05, 4.69) is 10.3 Å². The summed E-state index contributed by atoms with van der Waals surface area (Å²) in [5.74, 6) is 2.25. The van der Waals surface area contributed by atoms with Gasteiger partial charge in [0.2, 0.25) is 0 Å². The van der Waals surface area contributed by atoms with Crippen LogP contribution in [0.5, 0.6) is 0 Å². The molecule has 4 bridgehead atoms. The van der Waals surface area contributed by atoms with Crippen LogP contribution in [0.15, 0.2) is 24.5 Å². The van der Waals surface area contributed by atoms with Gasteiger partial charge in [-0.1, -0.05) is 0 Å². The van der Waals surface area contributed by atoms with Crippen molar-refractivity contribution in [3.05, 3.63) is 30.1 Å². The zero-order chi connectivity index (χ0) is 17.3. The van der Waals surface area contributed by atoms with E-state index in [0.717, 1.165) is 17.8 Å². The van der Waals surface area contributed by atoms with E-state index in [0.29, 0.717) is 18.5 Å². The van der Waals surface area contributed by atoms with Crippen LogP contribution in [0.1, 0.15) is 55.3 Å². The molecule has 142 valence electrons. The summed E-state index contributed by atoms with van der Waals surface area (Å²) in [6.45, 7) is 0.567. The van der Waals surface area contributed by atoms with Crippen LogP contribution in [0.3, 0.4) is 0 Å². The number of nitrogens with zero attached hydrogens (tertiary/aromatic N) is 1. The fourth-order valence-electron chi connectivity index (χ4n) is 5.79. The van der Waals surface area contributed by atoms with Gasteiger partial charge in [-0.2, -0.15) is 0 Å². The van der Waals surface area contributed by atoms with Crippen molar-refractivity contribution in [1.29, 1.82) is 0 Å². The normalized spacial score (nSPS) is 31.2. The first-order chi connectivity index (χ1) is 12.1. The Hall–Kier alpha value is -1.62. The summed E-state index contributed by atoms with van der Waals surface area (Å²) in [5, 5.41) is 2.76. The standard InChI is InChI=1S/C20H26N2O3.ClH/c23-18(25-5-4-22-19(24)17-2-1-3-21-13-17)12-20-9-14-6-15(10-20)8-16(7-14)11-20;/h1-3,13-16H,4-12H2,(H,22,24);1H. The number of amides is 1. The summed E-state index contributed by atoms with van der Waals surface area (Å²) in [7, 11) is 0. The lowest BCUT2D eigenvalue weighted by Crippen LogP contribution is -2.47. The molecule has 0 aliphatic heterocycles. The number of ether oxygens (including phenoxy) is 1. The van der Waals surface area contributed by atoms with Crippen molar-refractivity contribution in [3.8, 4) is 0 Å². The van der Waals surface area contributed by atoms with Crippen LogP contribution < -0.4 is 5.32 Å². The van der Waals surface area contributed by atoms with Gasteiger partial charge in [0.1, 0.15) is 6.61 Å². The summed E-state index contributed by atoms with van der Waals surface area (Å²) in [4.78, 5) is 28.1. The molecule has 1 aromatic rings. The van der Waals surface area contributed by atoms with Gasteiger partial charge in [0, 0.05) is 12.4 Å². The number of carbonyl (C=O) groups is 2. The SMILES string of the molecule is Cl.O=C(CC12CC3CC(CC(C3)C1)C2)OCCNC(=O)c1cccnc1. The van der Waals surface area contributed by atoms with Crippen molar-refractivity contribution in [2.24, 2.45) is 23.2 Å². The molecule has 0 saturated heterocycles. The Labute approximate surface area is 160 Å². The van der Waals surface area contributed by atoms with Crippen molar-refractivity contribution in [2.75, 3.05) is 13.2 Å². The van der Waals surface area contributed by atoms with Crippen LogP contribution in [0.2, 0.25) is 0 Å². The monoisotopic (exact) mass is 378 g/mol. The molecule has 5 rings (SSSR count). The molecular formula is C20H27ClN2O3. The van der Waals surface area contributed by atoms with Gasteiger partial charge in [0.25, 0.3) is 5.91 Å². The first-order valence-corrected chi connectivity index (χ1v) is 9.46. The molecule has 0 radical (unpaired) electrons. The third kappa shape index (κ3) is 4.20. The van der Waals surface area contributed by atoms with Crippen LogP contribution in [0, 0.1) is 23.2 Å². The molecule has 4 aliphatic rings. The molecule has 1 heterocycles. The predicted octanol–water partition coefficient (Wildman–Crippen LogP) is 3.38. The van der Waals surface area contributed by atoms with Crippen LogP contribution >= 0.6 is 12.4 Å². The minimum Gasteiger partial charge on any atom is -0.464 e. The Morgan fingerprint density at radius 3 is 2.38 bits per heavy atom. The second kappa shape index (κ2) is 7.95. The number of hydrogen-bond donors (Lipinski definition) is 1. The van der Waals surface area contributed by atoms with Crippen molar-refractivity contribution in [1.82, 2.24) is 10.3 Å². The van der Waals surface area contributed by atoms with Crippen LogP contribution in [-0.2, 0) is 9.53 Å². The number of carbonyl (C=O) groups excluding carboxylic acids is 2. The van der Waals surface area contributed by atoms with E-state index in [1.54, 1.807) is 18.3 Å². The molecule has 6 heteroatoms. The molecule has 0 unspecified atom stereocenters. The average molecular weight is 379 g/mol. The van der Waals surface area contributed by atoms with E-state index in [1.165, 1.54) is 44.7 Å². The van der Waals surface area contributed by atoms with Gasteiger partial charge in [-0.15, -0.1) is 12.4 Å². The number of rotatable bonds is 6. The summed E-state index contributed by atoms with van der Waals surface area (Å²) >= 11 is 0. The highest BCUT2D eigenvalue weighted by atomic mass is 35.5. The lowest BCUT2D eigenvalue weighted by molar-refractivity contribution is -0.151. The third-order valence-corrected chi connectivity index (χ3v) is 6.26. The third-order valence-electron chi connectivity index (χ3n) is 6.26. The van der Waals surface area contributed by atoms with Crippen LogP contribution in [-0.4, -0.2) is 30.0 Å². The van der Waals surface area contributed by atoms with E-state index in [-0.39, 0.29) is 36.3 Å². The van der Waals surface area contributed by atoms with Crippen LogP contribution in [0.4, 0.5) is 0 Å². The fourth-order valence-corrected chi connectivity index (χ4v) is 5.79. The van der Waals surface area contributed by atoms with E-state index in [4.69, 9.17) is 4.74 Å². The molecule has 4 saturated carbocycles. The van der Waals surface area contributed by atoms with Gasteiger partial charge in [-0.3, -0.25) is 14.6 Å². The van der Waals surface area contributed by atoms with Crippen LogP contribution in [0.25, 0.3) is 0 Å². The number of nitrogens with one attached hydrogen (secondary N) is 1. The highest BCUT2D eigenvalue weighted by molar-refractivity contribution is 5.93. The average Bonchev–Trinajstić information content (AvgIpc) is 2.57. The summed E-state index contributed by atoms with van der Waals surface area (Å²) in [6.07, 6.45) is 11.5. The molecule has 1 N–H and O–H groups in total. The maximum Gasteiger partial charge on any atom is 0.306 e. The number of halogens is 1. The molecule has 0 aromatic carbocycles. The maximum atomic E-state index is 12.3. The van der Waals surface area contributed by atoms with Gasteiger partial charge >= 0.3 is 5.97 Å². The highest BCUT2D eigenvalue weighted by Crippen LogP contribution is 2.61. The zero-order valence-electron chi connectivity index (χ0n) is 15.0. The molecule has 0 atom stereocenters. The van der Waals surface area contributed by atoms with E-state index >= 15 is 0 Å². The highest BCUT2D eigenvalue weighted by Gasteiger charge is 2.51. The van der Waals surface area contributed by atoms with E-state index in [1.807, 2.05) is 0 Å². The summed E-state index contributed by atoms with van der Waals surface area (Å²) in [6, 6.07) is 3.43. The van der Waals surface area contributed by atoms with Gasteiger partial charge in [0.15, 0.2) is 0 Å². The second-order valence-corrected chi connectivity index (χ2v) is 8.31. The lowest BCUT2D eigenvalue weighted by atomic mass is 9.49. The quantitative estimate of drug-likeness (QED) is 0.608. The smallest absolute Gasteiger partial charge is 0.306 e. The predicted molar refractivity (Wildman–Crippen MR) is 100.0 cm³/mol. The van der Waals surface area contributed by atoms with Crippen molar-refractivity contribution < 1.29 is 14.3 Å². The second-order valence-electron chi connectivity index (χ2n) is 8.31.